The molecule has 0 aliphatic rings. The van der Waals surface area contributed by atoms with E-state index in [0.717, 1.165) is 5.56 Å². The van der Waals surface area contributed by atoms with Crippen molar-refractivity contribution in [2.45, 2.75) is 16.6 Å². The van der Waals surface area contributed by atoms with Crippen molar-refractivity contribution in [1.82, 2.24) is 10.6 Å². The van der Waals surface area contributed by atoms with Crippen molar-refractivity contribution in [3.63, 3.8) is 0 Å². The van der Waals surface area contributed by atoms with E-state index in [2.05, 4.69) is 10.6 Å². The Labute approximate surface area is 190 Å². The highest BCUT2D eigenvalue weighted by Gasteiger charge is 2.31. The maximum Gasteiger partial charge on any atom is 0.309 e. The van der Waals surface area contributed by atoms with Crippen LogP contribution in [0.4, 0.5) is 0 Å². The number of amides is 2. The molecule has 0 aliphatic carbocycles. The summed E-state index contributed by atoms with van der Waals surface area (Å²) in [7, 11) is -3.81. The maximum atomic E-state index is 13.2. The number of nitrogens with one attached hydrogen (secondary N) is 2. The van der Waals surface area contributed by atoms with Gasteiger partial charge in [0.05, 0.1) is 4.90 Å². The molecule has 1 aromatic heterocycles. The lowest BCUT2D eigenvalue weighted by Crippen LogP contribution is -2.42. The van der Waals surface area contributed by atoms with E-state index >= 15 is 0 Å². The molecule has 0 spiro atoms. The molecule has 0 fully saturated rings. The van der Waals surface area contributed by atoms with Crippen LogP contribution in [0.3, 0.4) is 0 Å². The normalized spacial score (nSPS) is 12.2. The van der Waals surface area contributed by atoms with Crippen molar-refractivity contribution in [3.8, 4) is 0 Å². The summed E-state index contributed by atoms with van der Waals surface area (Å²) >= 11 is 7.14. The Kier molecular flexibility index (Phi) is 7.84. The molecule has 1 atom stereocenters. The number of halogens is 1. The van der Waals surface area contributed by atoms with Gasteiger partial charge >= 0.3 is 11.8 Å². The van der Waals surface area contributed by atoms with Crippen LogP contribution in [0.1, 0.15) is 15.7 Å². The summed E-state index contributed by atoms with van der Waals surface area (Å²) in [6.45, 7) is 0.0735. The second kappa shape index (κ2) is 10.6. The van der Waals surface area contributed by atoms with Gasteiger partial charge in [-0.15, -0.1) is 11.3 Å². The zero-order chi connectivity index (χ0) is 22.3. The lowest BCUT2D eigenvalue weighted by Gasteiger charge is -2.17. The largest absolute Gasteiger partial charge is 0.348 e. The Hall–Kier alpha value is -2.68. The molecule has 0 saturated carbocycles. The highest BCUT2D eigenvalue weighted by molar-refractivity contribution is 7.91. The second-order valence-electron chi connectivity index (χ2n) is 6.70. The monoisotopic (exact) mass is 476 g/mol. The predicted molar refractivity (Wildman–Crippen MR) is 122 cm³/mol. The first-order chi connectivity index (χ1) is 14.9. The third-order valence-electron chi connectivity index (χ3n) is 4.57. The van der Waals surface area contributed by atoms with Gasteiger partial charge in [0, 0.05) is 23.0 Å². The summed E-state index contributed by atoms with van der Waals surface area (Å²) in [4.78, 5) is 25.0. The predicted octanol–water partition coefficient (Wildman–Crippen LogP) is 3.39. The van der Waals surface area contributed by atoms with Crippen molar-refractivity contribution in [3.05, 3.63) is 87.6 Å². The van der Waals surface area contributed by atoms with Crippen molar-refractivity contribution < 1.29 is 18.0 Å². The molecule has 2 N–H and O–H groups in total. The molecule has 6 nitrogen and oxygen atoms in total. The van der Waals surface area contributed by atoms with Crippen LogP contribution in [-0.2, 0) is 25.8 Å². The Morgan fingerprint density at radius 2 is 1.58 bits per heavy atom. The van der Waals surface area contributed by atoms with E-state index in [9.17, 15) is 18.0 Å². The zero-order valence-corrected chi connectivity index (χ0v) is 18.8. The van der Waals surface area contributed by atoms with Gasteiger partial charge in [0.25, 0.3) is 0 Å². The first-order valence-corrected chi connectivity index (χ1v) is 12.3. The molecule has 1 unspecified atom stereocenters. The van der Waals surface area contributed by atoms with E-state index in [-0.39, 0.29) is 11.4 Å². The van der Waals surface area contributed by atoms with Gasteiger partial charge in [0.15, 0.2) is 9.84 Å². The van der Waals surface area contributed by atoms with Crippen LogP contribution in [-0.4, -0.2) is 33.3 Å². The molecule has 0 saturated heterocycles. The minimum Gasteiger partial charge on any atom is -0.348 e. The number of sulfone groups is 1. The molecule has 1 heterocycles. The first kappa shape index (κ1) is 23.0. The number of hydrogen-bond acceptors (Lipinski definition) is 5. The topological polar surface area (TPSA) is 92.3 Å². The SMILES string of the molecule is O=C(NCCc1ccccc1)C(=O)NCC(c1cccs1)S(=O)(=O)c1ccc(Cl)cc1. The summed E-state index contributed by atoms with van der Waals surface area (Å²) in [5, 5.41) is 6.18. The van der Waals surface area contributed by atoms with E-state index in [0.29, 0.717) is 22.9 Å². The van der Waals surface area contributed by atoms with Crippen molar-refractivity contribution in [2.75, 3.05) is 13.1 Å². The van der Waals surface area contributed by atoms with Gasteiger partial charge < -0.3 is 10.6 Å². The molecule has 31 heavy (non-hydrogen) atoms. The third-order valence-corrected chi connectivity index (χ3v) is 8.06. The van der Waals surface area contributed by atoms with Gasteiger partial charge in [-0.2, -0.15) is 0 Å². The van der Waals surface area contributed by atoms with E-state index in [1.54, 1.807) is 17.5 Å². The van der Waals surface area contributed by atoms with Gasteiger partial charge in [-0.3, -0.25) is 9.59 Å². The highest BCUT2D eigenvalue weighted by Crippen LogP contribution is 2.31. The summed E-state index contributed by atoms with van der Waals surface area (Å²) < 4.78 is 26.3. The second-order valence-corrected chi connectivity index (χ2v) is 10.3. The minimum absolute atomic E-state index is 0.0943. The van der Waals surface area contributed by atoms with Crippen LogP contribution in [0.25, 0.3) is 0 Å². The first-order valence-electron chi connectivity index (χ1n) is 9.51. The van der Waals surface area contributed by atoms with Crippen molar-refractivity contribution in [2.24, 2.45) is 0 Å². The van der Waals surface area contributed by atoms with Crippen LogP contribution < -0.4 is 10.6 Å². The van der Waals surface area contributed by atoms with Gasteiger partial charge in [0.2, 0.25) is 0 Å². The van der Waals surface area contributed by atoms with Crippen LogP contribution in [0.15, 0.2) is 77.0 Å². The quantitative estimate of drug-likeness (QED) is 0.487. The highest BCUT2D eigenvalue weighted by atomic mass is 35.5. The molecule has 162 valence electrons. The molecule has 0 aliphatic heterocycles. The number of hydrogen-bond donors (Lipinski definition) is 2. The molecule has 0 radical (unpaired) electrons. The summed E-state index contributed by atoms with van der Waals surface area (Å²) in [6.07, 6.45) is 0.586. The fraction of sp³-hybridized carbons (Fsp3) is 0.182. The Bertz CT molecular complexity index is 1120. The molecule has 2 amide bonds. The summed E-state index contributed by atoms with van der Waals surface area (Å²) in [5.41, 5.74) is 1.04. The lowest BCUT2D eigenvalue weighted by molar-refractivity contribution is -0.139. The minimum atomic E-state index is -3.81. The average Bonchev–Trinajstić information content (AvgIpc) is 3.29. The maximum absolute atomic E-state index is 13.2. The van der Waals surface area contributed by atoms with Crippen molar-refractivity contribution >= 4 is 44.6 Å². The number of benzene rings is 2. The van der Waals surface area contributed by atoms with Crippen LogP contribution >= 0.6 is 22.9 Å². The molecular weight excluding hydrogens is 456 g/mol. The third kappa shape index (κ3) is 6.16. The molecule has 0 bridgehead atoms. The Morgan fingerprint density at radius 1 is 0.903 bits per heavy atom. The lowest BCUT2D eigenvalue weighted by atomic mass is 10.1. The number of carbonyl (C=O) groups excluding carboxylic acids is 2. The number of rotatable bonds is 8. The van der Waals surface area contributed by atoms with Gasteiger partial charge in [-0.05, 0) is 47.7 Å². The molecular formula is C22H21ClN2O4S2. The van der Waals surface area contributed by atoms with Crippen LogP contribution in [0, 0.1) is 0 Å². The van der Waals surface area contributed by atoms with Gasteiger partial charge in [-0.25, -0.2) is 8.42 Å². The van der Waals surface area contributed by atoms with Gasteiger partial charge in [0.1, 0.15) is 5.25 Å². The fourth-order valence-corrected chi connectivity index (χ4v) is 5.85. The summed E-state index contributed by atoms with van der Waals surface area (Å²) in [6, 6.07) is 18.8. The Balaban J connectivity index is 1.63. The zero-order valence-electron chi connectivity index (χ0n) is 16.5. The van der Waals surface area contributed by atoms with E-state index < -0.39 is 26.9 Å². The van der Waals surface area contributed by atoms with E-state index in [4.69, 9.17) is 11.6 Å². The molecule has 3 aromatic rings. The van der Waals surface area contributed by atoms with Gasteiger partial charge in [-0.1, -0.05) is 48.0 Å². The van der Waals surface area contributed by atoms with Crippen LogP contribution in [0.5, 0.6) is 0 Å². The van der Waals surface area contributed by atoms with E-state index in [1.807, 2.05) is 30.3 Å². The Morgan fingerprint density at radius 3 is 2.23 bits per heavy atom. The number of carbonyl (C=O) groups is 2. The molecule has 3 rings (SSSR count). The van der Waals surface area contributed by atoms with Crippen LogP contribution in [0.2, 0.25) is 5.02 Å². The number of thiophene rings is 1. The standard InChI is InChI=1S/C22H21ClN2O4S2/c23-17-8-10-18(11-9-17)31(28,29)20(19-7-4-14-30-19)15-25-22(27)21(26)24-13-12-16-5-2-1-3-6-16/h1-11,14,20H,12-13,15H2,(H,24,26)(H,25,27). The molecule has 9 heteroatoms. The van der Waals surface area contributed by atoms with Crippen molar-refractivity contribution in [1.29, 1.82) is 0 Å². The molecule has 2 aromatic carbocycles. The fourth-order valence-electron chi connectivity index (χ4n) is 2.94. The summed E-state index contributed by atoms with van der Waals surface area (Å²) in [5.74, 6) is -1.68. The van der Waals surface area contributed by atoms with E-state index in [1.165, 1.54) is 35.6 Å². The average molecular weight is 477 g/mol. The smallest absolute Gasteiger partial charge is 0.309 e.